The first-order valence-electron chi connectivity index (χ1n) is 5.86. The van der Waals surface area contributed by atoms with Gasteiger partial charge >= 0.3 is 5.69 Å². The number of benzene rings is 2. The Hall–Kier alpha value is -2.11. The standard InChI is InChI=1S/C14H10Cl2N2O3/c1-8(17-11-4-2-3-9(15)5-11)12-6-10(16)7-13(14(12)19)18(20)21/h2-7,19H,1H3. The van der Waals surface area contributed by atoms with Gasteiger partial charge in [-0.1, -0.05) is 29.3 Å². The van der Waals surface area contributed by atoms with Gasteiger partial charge in [-0.25, -0.2) is 0 Å². The maximum atomic E-state index is 10.9. The molecule has 0 aliphatic heterocycles. The van der Waals surface area contributed by atoms with E-state index in [1.165, 1.54) is 6.07 Å². The number of aliphatic imine (C=N–C) groups is 1. The molecule has 0 aliphatic rings. The first kappa shape index (κ1) is 15.3. The third-order valence-electron chi connectivity index (χ3n) is 2.75. The molecule has 21 heavy (non-hydrogen) atoms. The van der Waals surface area contributed by atoms with Crippen LogP contribution in [0.1, 0.15) is 12.5 Å². The van der Waals surface area contributed by atoms with Crippen molar-refractivity contribution in [3.05, 3.63) is 62.1 Å². The smallest absolute Gasteiger partial charge is 0.312 e. The van der Waals surface area contributed by atoms with Crippen molar-refractivity contribution in [2.24, 2.45) is 4.99 Å². The van der Waals surface area contributed by atoms with Crippen LogP contribution in [0, 0.1) is 10.1 Å². The number of phenolic OH excluding ortho intramolecular Hbond substituents is 1. The molecule has 0 saturated heterocycles. The third-order valence-corrected chi connectivity index (χ3v) is 3.20. The summed E-state index contributed by atoms with van der Waals surface area (Å²) in [5, 5.41) is 21.5. The van der Waals surface area contributed by atoms with Gasteiger partial charge in [-0.15, -0.1) is 0 Å². The van der Waals surface area contributed by atoms with Crippen molar-refractivity contribution >= 4 is 40.3 Å². The van der Waals surface area contributed by atoms with E-state index in [0.29, 0.717) is 16.4 Å². The first-order valence-corrected chi connectivity index (χ1v) is 6.62. The van der Waals surface area contributed by atoms with Crippen LogP contribution in [0.4, 0.5) is 11.4 Å². The van der Waals surface area contributed by atoms with E-state index in [-0.39, 0.29) is 10.6 Å². The second-order valence-corrected chi connectivity index (χ2v) is 5.13. The van der Waals surface area contributed by atoms with Crippen molar-refractivity contribution in [1.82, 2.24) is 0 Å². The second-order valence-electron chi connectivity index (χ2n) is 4.26. The van der Waals surface area contributed by atoms with Crippen LogP contribution in [0.5, 0.6) is 5.75 Å². The van der Waals surface area contributed by atoms with Crippen LogP contribution in [0.2, 0.25) is 10.0 Å². The average Bonchev–Trinajstić information content (AvgIpc) is 2.40. The molecule has 0 spiro atoms. The van der Waals surface area contributed by atoms with E-state index < -0.39 is 16.4 Å². The molecule has 7 heteroatoms. The van der Waals surface area contributed by atoms with Gasteiger partial charge in [-0.05, 0) is 31.2 Å². The van der Waals surface area contributed by atoms with E-state index in [4.69, 9.17) is 23.2 Å². The molecule has 2 rings (SSSR count). The minimum Gasteiger partial charge on any atom is -0.502 e. The maximum absolute atomic E-state index is 10.9. The van der Waals surface area contributed by atoms with E-state index in [2.05, 4.69) is 4.99 Å². The minimum atomic E-state index is -0.697. The highest BCUT2D eigenvalue weighted by Crippen LogP contribution is 2.34. The van der Waals surface area contributed by atoms with Gasteiger partial charge in [0.15, 0.2) is 0 Å². The minimum absolute atomic E-state index is 0.148. The van der Waals surface area contributed by atoms with Gasteiger partial charge in [-0.3, -0.25) is 15.1 Å². The second kappa shape index (κ2) is 6.11. The van der Waals surface area contributed by atoms with Gasteiger partial charge in [-0.2, -0.15) is 0 Å². The first-order chi connectivity index (χ1) is 9.88. The lowest BCUT2D eigenvalue weighted by Crippen LogP contribution is -1.98. The molecule has 0 saturated carbocycles. The van der Waals surface area contributed by atoms with Crippen LogP contribution in [0.25, 0.3) is 0 Å². The van der Waals surface area contributed by atoms with E-state index >= 15 is 0 Å². The zero-order valence-electron chi connectivity index (χ0n) is 10.9. The summed E-state index contributed by atoms with van der Waals surface area (Å²) in [5.74, 6) is -0.465. The number of nitrogens with zero attached hydrogens (tertiary/aromatic N) is 2. The van der Waals surface area contributed by atoms with Crippen LogP contribution in [0.15, 0.2) is 41.4 Å². The molecule has 0 aromatic heterocycles. The van der Waals surface area contributed by atoms with E-state index in [1.807, 2.05) is 0 Å². The van der Waals surface area contributed by atoms with Crippen LogP contribution >= 0.6 is 23.2 Å². The van der Waals surface area contributed by atoms with E-state index in [1.54, 1.807) is 31.2 Å². The molecule has 0 bridgehead atoms. The van der Waals surface area contributed by atoms with Crippen LogP contribution in [-0.2, 0) is 0 Å². The fraction of sp³-hybridized carbons (Fsp3) is 0.0714. The number of halogens is 2. The molecule has 0 heterocycles. The molecule has 2 aromatic rings. The highest BCUT2D eigenvalue weighted by molar-refractivity contribution is 6.31. The number of rotatable bonds is 3. The third kappa shape index (κ3) is 3.51. The molecule has 2 aromatic carbocycles. The van der Waals surface area contributed by atoms with Crippen molar-refractivity contribution in [2.75, 3.05) is 0 Å². The van der Waals surface area contributed by atoms with Crippen molar-refractivity contribution in [3.63, 3.8) is 0 Å². The van der Waals surface area contributed by atoms with Gasteiger partial charge in [0.05, 0.1) is 10.6 Å². The molecule has 5 nitrogen and oxygen atoms in total. The number of phenols is 1. The SMILES string of the molecule is CC(=Nc1cccc(Cl)c1)c1cc(Cl)cc([N+](=O)[O-])c1O. The molecule has 1 N–H and O–H groups in total. The van der Waals surface area contributed by atoms with E-state index in [9.17, 15) is 15.2 Å². The van der Waals surface area contributed by atoms with Crippen molar-refractivity contribution in [2.45, 2.75) is 6.92 Å². The number of aromatic hydroxyl groups is 1. The zero-order valence-corrected chi connectivity index (χ0v) is 12.4. The zero-order chi connectivity index (χ0) is 15.6. The molecular formula is C14H10Cl2N2O3. The fourth-order valence-electron chi connectivity index (χ4n) is 1.80. The molecular weight excluding hydrogens is 315 g/mol. The normalized spacial score (nSPS) is 11.5. The summed E-state index contributed by atoms with van der Waals surface area (Å²) < 4.78 is 0. The fourth-order valence-corrected chi connectivity index (χ4v) is 2.20. The summed E-state index contributed by atoms with van der Waals surface area (Å²) in [6.45, 7) is 1.62. The molecule has 0 atom stereocenters. The van der Waals surface area contributed by atoms with E-state index in [0.717, 1.165) is 6.07 Å². The summed E-state index contributed by atoms with van der Waals surface area (Å²) in [6.07, 6.45) is 0. The summed E-state index contributed by atoms with van der Waals surface area (Å²) in [5.41, 5.74) is 0.703. The van der Waals surface area contributed by atoms with Gasteiger partial charge in [0.25, 0.3) is 0 Å². The van der Waals surface area contributed by atoms with Crippen LogP contribution in [0.3, 0.4) is 0 Å². The van der Waals surface area contributed by atoms with Crippen molar-refractivity contribution < 1.29 is 10.0 Å². The molecule has 0 fully saturated rings. The summed E-state index contributed by atoms with van der Waals surface area (Å²) in [4.78, 5) is 14.5. The van der Waals surface area contributed by atoms with Crippen molar-refractivity contribution in [1.29, 1.82) is 0 Å². The Bertz CT molecular complexity index is 745. The van der Waals surface area contributed by atoms with Crippen LogP contribution in [-0.4, -0.2) is 15.7 Å². The lowest BCUT2D eigenvalue weighted by Gasteiger charge is -2.06. The Morgan fingerprint density at radius 2 is 1.95 bits per heavy atom. The predicted octanol–water partition coefficient (Wildman–Crippen LogP) is 4.75. The Labute approximate surface area is 130 Å². The number of nitro groups is 1. The Morgan fingerprint density at radius 3 is 2.57 bits per heavy atom. The summed E-state index contributed by atoms with van der Waals surface area (Å²) in [6, 6.07) is 9.32. The molecule has 0 aliphatic carbocycles. The largest absolute Gasteiger partial charge is 0.502 e. The lowest BCUT2D eigenvalue weighted by molar-refractivity contribution is -0.385. The number of nitro benzene ring substituents is 1. The maximum Gasteiger partial charge on any atom is 0.312 e. The Balaban J connectivity index is 2.53. The molecule has 108 valence electrons. The summed E-state index contributed by atoms with van der Waals surface area (Å²) >= 11 is 11.7. The molecule has 0 unspecified atom stereocenters. The Morgan fingerprint density at radius 1 is 1.24 bits per heavy atom. The number of hydrogen-bond acceptors (Lipinski definition) is 4. The predicted molar refractivity (Wildman–Crippen MR) is 83.1 cm³/mol. The Kier molecular flexibility index (Phi) is 4.45. The van der Waals surface area contributed by atoms with Gasteiger partial charge in [0, 0.05) is 27.4 Å². The van der Waals surface area contributed by atoms with Gasteiger partial charge in [0.2, 0.25) is 5.75 Å². The van der Waals surface area contributed by atoms with Gasteiger partial charge in [0.1, 0.15) is 0 Å². The average molecular weight is 325 g/mol. The van der Waals surface area contributed by atoms with Crippen molar-refractivity contribution in [3.8, 4) is 5.75 Å². The van der Waals surface area contributed by atoms with Gasteiger partial charge < -0.3 is 5.11 Å². The highest BCUT2D eigenvalue weighted by Gasteiger charge is 2.20. The molecule has 0 radical (unpaired) electrons. The number of hydrogen-bond donors (Lipinski definition) is 1. The quantitative estimate of drug-likeness (QED) is 0.503. The topological polar surface area (TPSA) is 75.7 Å². The van der Waals surface area contributed by atoms with Crippen LogP contribution < -0.4 is 0 Å². The monoisotopic (exact) mass is 324 g/mol. The highest BCUT2D eigenvalue weighted by atomic mass is 35.5. The lowest BCUT2D eigenvalue weighted by atomic mass is 10.1. The molecule has 0 amide bonds. The summed E-state index contributed by atoms with van der Waals surface area (Å²) in [7, 11) is 0.